The van der Waals surface area contributed by atoms with Gasteiger partial charge in [-0.1, -0.05) is 36.5 Å². The summed E-state index contributed by atoms with van der Waals surface area (Å²) >= 11 is 13.6. The Morgan fingerprint density at radius 3 is 2.88 bits per heavy atom. The largest absolute Gasteiger partial charge is 0.257 e. The lowest BCUT2D eigenvalue weighted by molar-refractivity contribution is 0.597. The molecule has 3 aromatic rings. The molecule has 0 amide bonds. The molecular weight excluding hydrogens is 391 g/mol. The predicted octanol–water partition coefficient (Wildman–Crippen LogP) is 4.31. The number of halogens is 2. The number of benzene rings is 1. The van der Waals surface area contributed by atoms with Crippen LogP contribution >= 0.6 is 34.5 Å². The van der Waals surface area contributed by atoms with Gasteiger partial charge in [0, 0.05) is 16.0 Å². The molecule has 0 saturated heterocycles. The third-order valence-corrected chi connectivity index (χ3v) is 6.00. The van der Waals surface area contributed by atoms with Gasteiger partial charge >= 0.3 is 0 Å². The van der Waals surface area contributed by atoms with Crippen molar-refractivity contribution in [2.24, 2.45) is 0 Å². The van der Waals surface area contributed by atoms with Crippen molar-refractivity contribution in [1.29, 1.82) is 0 Å². The Bertz CT molecular complexity index is 982. The molecule has 128 valence electrons. The van der Waals surface area contributed by atoms with Crippen LogP contribution < -0.4 is 4.72 Å². The normalized spacial score (nSPS) is 12.0. The van der Waals surface area contributed by atoms with E-state index in [-0.39, 0.29) is 11.7 Å². The van der Waals surface area contributed by atoms with Crippen molar-refractivity contribution in [3.63, 3.8) is 0 Å². The molecule has 0 aliphatic heterocycles. The van der Waals surface area contributed by atoms with E-state index in [4.69, 9.17) is 23.2 Å². The van der Waals surface area contributed by atoms with Gasteiger partial charge in [0.15, 0.2) is 0 Å². The van der Waals surface area contributed by atoms with Crippen LogP contribution in [0, 0.1) is 0 Å². The van der Waals surface area contributed by atoms with Crippen LogP contribution in [0.5, 0.6) is 0 Å². The van der Waals surface area contributed by atoms with Crippen molar-refractivity contribution in [3.8, 4) is 11.3 Å². The SMILES string of the molecule is CCCCS(=O)(=O)Nc1nc2scc(-c3cc(Cl)ccc3Cl)n2n1. The van der Waals surface area contributed by atoms with E-state index in [2.05, 4.69) is 14.8 Å². The van der Waals surface area contributed by atoms with Crippen LogP contribution in [0.15, 0.2) is 23.6 Å². The minimum atomic E-state index is -3.45. The molecule has 0 atom stereocenters. The van der Waals surface area contributed by atoms with Crippen molar-refractivity contribution in [2.45, 2.75) is 19.8 Å². The summed E-state index contributed by atoms with van der Waals surface area (Å²) in [6, 6.07) is 5.14. The van der Waals surface area contributed by atoms with E-state index in [0.717, 1.165) is 6.42 Å². The highest BCUT2D eigenvalue weighted by Gasteiger charge is 2.17. The van der Waals surface area contributed by atoms with Gasteiger partial charge in [0.2, 0.25) is 15.0 Å². The fourth-order valence-electron chi connectivity index (χ4n) is 2.13. The van der Waals surface area contributed by atoms with Gasteiger partial charge in [-0.2, -0.15) is 4.98 Å². The van der Waals surface area contributed by atoms with Crippen LogP contribution in [0.3, 0.4) is 0 Å². The molecule has 2 aromatic heterocycles. The lowest BCUT2D eigenvalue weighted by Crippen LogP contribution is -2.17. The number of nitrogens with zero attached hydrogens (tertiary/aromatic N) is 3. The summed E-state index contributed by atoms with van der Waals surface area (Å²) < 4.78 is 27.9. The monoisotopic (exact) mass is 404 g/mol. The van der Waals surface area contributed by atoms with Gasteiger partial charge in [-0.15, -0.1) is 16.4 Å². The van der Waals surface area contributed by atoms with Crippen LogP contribution in [0.25, 0.3) is 16.2 Å². The first kappa shape index (κ1) is 17.5. The van der Waals surface area contributed by atoms with Gasteiger partial charge in [-0.25, -0.2) is 17.7 Å². The van der Waals surface area contributed by atoms with Gasteiger partial charge in [-0.3, -0.25) is 0 Å². The summed E-state index contributed by atoms with van der Waals surface area (Å²) in [4.78, 5) is 4.77. The number of anilines is 1. The molecule has 10 heteroatoms. The maximum absolute atomic E-state index is 12.0. The summed E-state index contributed by atoms with van der Waals surface area (Å²) in [5, 5.41) is 7.16. The molecule has 2 heterocycles. The molecule has 0 radical (unpaired) electrons. The topological polar surface area (TPSA) is 76.4 Å². The van der Waals surface area contributed by atoms with E-state index in [1.807, 2.05) is 12.3 Å². The number of aromatic nitrogens is 3. The lowest BCUT2D eigenvalue weighted by atomic mass is 10.2. The molecule has 0 spiro atoms. The van der Waals surface area contributed by atoms with Crippen LogP contribution in [0.1, 0.15) is 19.8 Å². The molecule has 0 saturated carbocycles. The summed E-state index contributed by atoms with van der Waals surface area (Å²) in [5.74, 6) is 0.0981. The second kappa shape index (κ2) is 6.87. The summed E-state index contributed by atoms with van der Waals surface area (Å²) in [6.45, 7) is 1.93. The van der Waals surface area contributed by atoms with Crippen molar-refractivity contribution in [1.82, 2.24) is 14.6 Å². The van der Waals surface area contributed by atoms with Crippen LogP contribution in [-0.2, 0) is 10.0 Å². The number of hydrogen-bond acceptors (Lipinski definition) is 5. The molecule has 1 N–H and O–H groups in total. The number of nitrogens with one attached hydrogen (secondary N) is 1. The van der Waals surface area contributed by atoms with Gasteiger partial charge in [0.05, 0.1) is 16.5 Å². The van der Waals surface area contributed by atoms with Crippen LogP contribution in [0.4, 0.5) is 5.95 Å². The molecule has 24 heavy (non-hydrogen) atoms. The third kappa shape index (κ3) is 3.66. The standard InChI is InChI=1S/C14H14Cl2N4O2S2/c1-2-3-6-24(21,22)19-13-17-14-20(18-13)12(8-23-14)10-7-9(15)4-5-11(10)16/h4-5,7-8H,2-3,6H2,1H3,(H,18,19). The molecular formula is C14H14Cl2N4O2S2. The highest BCUT2D eigenvalue weighted by Crippen LogP contribution is 2.33. The fourth-order valence-corrected chi connectivity index (χ4v) is 4.47. The number of thiazole rings is 1. The van der Waals surface area contributed by atoms with E-state index in [1.54, 1.807) is 22.7 Å². The maximum atomic E-state index is 12.0. The third-order valence-electron chi connectivity index (χ3n) is 3.30. The predicted molar refractivity (Wildman–Crippen MR) is 98.6 cm³/mol. The first-order valence-corrected chi connectivity index (χ1v) is 10.5. The quantitative estimate of drug-likeness (QED) is 0.663. The second-order valence-electron chi connectivity index (χ2n) is 5.15. The highest BCUT2D eigenvalue weighted by molar-refractivity contribution is 7.92. The van der Waals surface area contributed by atoms with Crippen molar-refractivity contribution in [2.75, 3.05) is 10.5 Å². The molecule has 3 rings (SSSR count). The number of unbranched alkanes of at least 4 members (excludes halogenated alkanes) is 1. The highest BCUT2D eigenvalue weighted by atomic mass is 35.5. The van der Waals surface area contributed by atoms with E-state index in [0.29, 0.717) is 32.7 Å². The van der Waals surface area contributed by atoms with Crippen LogP contribution in [-0.4, -0.2) is 28.8 Å². The van der Waals surface area contributed by atoms with Crippen molar-refractivity contribution < 1.29 is 8.42 Å². The van der Waals surface area contributed by atoms with E-state index < -0.39 is 10.0 Å². The Morgan fingerprint density at radius 2 is 2.12 bits per heavy atom. The fraction of sp³-hybridized carbons (Fsp3) is 0.286. The van der Waals surface area contributed by atoms with Crippen molar-refractivity contribution >= 4 is 55.5 Å². The number of fused-ring (bicyclic) bond motifs is 1. The Morgan fingerprint density at radius 1 is 1.33 bits per heavy atom. The summed E-state index contributed by atoms with van der Waals surface area (Å²) in [5.41, 5.74) is 1.41. The maximum Gasteiger partial charge on any atom is 0.257 e. The molecule has 6 nitrogen and oxygen atoms in total. The molecule has 0 unspecified atom stereocenters. The first-order valence-electron chi connectivity index (χ1n) is 7.20. The number of hydrogen-bond donors (Lipinski definition) is 1. The molecule has 0 aliphatic carbocycles. The molecule has 0 fully saturated rings. The van der Waals surface area contributed by atoms with E-state index in [1.165, 1.54) is 11.3 Å². The first-order chi connectivity index (χ1) is 11.4. The number of rotatable bonds is 6. The smallest absolute Gasteiger partial charge is 0.250 e. The Labute approximate surface area is 153 Å². The molecule has 0 bridgehead atoms. The van der Waals surface area contributed by atoms with Gasteiger partial charge in [-0.05, 0) is 24.6 Å². The zero-order valence-corrected chi connectivity index (χ0v) is 15.8. The van der Waals surface area contributed by atoms with E-state index >= 15 is 0 Å². The lowest BCUT2D eigenvalue weighted by Gasteiger charge is -2.04. The number of sulfonamides is 1. The van der Waals surface area contributed by atoms with Crippen LogP contribution in [0.2, 0.25) is 10.0 Å². The average molecular weight is 405 g/mol. The average Bonchev–Trinajstić information content (AvgIpc) is 3.07. The van der Waals surface area contributed by atoms with Gasteiger partial charge in [0.25, 0.3) is 5.95 Å². The Hall–Kier alpha value is -1.35. The summed E-state index contributed by atoms with van der Waals surface area (Å²) in [6.07, 6.45) is 1.38. The minimum Gasteiger partial charge on any atom is -0.250 e. The molecule has 1 aromatic carbocycles. The summed E-state index contributed by atoms with van der Waals surface area (Å²) in [7, 11) is -3.45. The van der Waals surface area contributed by atoms with E-state index in [9.17, 15) is 8.42 Å². The Balaban J connectivity index is 1.96. The zero-order chi connectivity index (χ0) is 17.3. The second-order valence-corrected chi connectivity index (χ2v) is 8.67. The van der Waals surface area contributed by atoms with Crippen molar-refractivity contribution in [3.05, 3.63) is 33.6 Å². The van der Waals surface area contributed by atoms with Gasteiger partial charge < -0.3 is 0 Å². The zero-order valence-electron chi connectivity index (χ0n) is 12.7. The Kier molecular flexibility index (Phi) is 5.00. The molecule has 0 aliphatic rings. The minimum absolute atomic E-state index is 0.0450. The van der Waals surface area contributed by atoms with Gasteiger partial charge in [0.1, 0.15) is 0 Å².